The van der Waals surface area contributed by atoms with E-state index in [1.165, 1.54) is 0 Å². The van der Waals surface area contributed by atoms with E-state index >= 15 is 0 Å². The number of hydrogen-bond donors (Lipinski definition) is 1. The van der Waals surface area contributed by atoms with Gasteiger partial charge in [-0.25, -0.2) is 0 Å². The van der Waals surface area contributed by atoms with E-state index in [1.807, 2.05) is 0 Å². The minimum atomic E-state index is -0.243. The third-order valence-electron chi connectivity index (χ3n) is 2.89. The Hall–Kier alpha value is -1.36. The van der Waals surface area contributed by atoms with Crippen LogP contribution in [0.2, 0.25) is 0 Å². The number of carbonyl (C=O) groups excluding carboxylic acids is 1. The van der Waals surface area contributed by atoms with Crippen LogP contribution in [0.4, 0.5) is 0 Å². The molecule has 0 fully saturated rings. The summed E-state index contributed by atoms with van der Waals surface area (Å²) < 4.78 is 6.62. The molecule has 1 aromatic heterocycles. The predicted molar refractivity (Wildman–Crippen MR) is 58.7 cm³/mol. The number of hydrogen-bond acceptors (Lipinski definition) is 4. The van der Waals surface area contributed by atoms with Gasteiger partial charge in [-0.2, -0.15) is 5.10 Å². The lowest BCUT2D eigenvalue weighted by Crippen LogP contribution is -2.21. The third-order valence-corrected chi connectivity index (χ3v) is 2.89. The van der Waals surface area contributed by atoms with E-state index in [4.69, 9.17) is 10.5 Å². The first kappa shape index (κ1) is 11.1. The number of nitrogens with two attached hydrogens (primary N) is 1. The van der Waals surface area contributed by atoms with Gasteiger partial charge in [0.05, 0.1) is 12.8 Å². The number of fused-ring (bicyclic) bond motifs is 1. The quantitative estimate of drug-likeness (QED) is 0.769. The molecule has 2 N–H and O–H groups in total. The highest BCUT2D eigenvalue weighted by atomic mass is 16.5. The molecule has 0 saturated carbocycles. The maximum atomic E-state index is 11.4. The fourth-order valence-corrected chi connectivity index (χ4v) is 2.12. The molecule has 0 radical (unpaired) electrons. The number of aromatic nitrogens is 2. The molecule has 88 valence electrons. The van der Waals surface area contributed by atoms with Crippen LogP contribution in [-0.4, -0.2) is 22.4 Å². The standard InChI is InChI=1S/C11H17N3O2/c1-2-16-11(15)7-14-10-5-3-4-9(12)8(10)6-13-14/h6,9H,2-5,7,12H2,1H3. The average Bonchev–Trinajstić information content (AvgIpc) is 2.64. The Morgan fingerprint density at radius 1 is 1.75 bits per heavy atom. The zero-order valence-corrected chi connectivity index (χ0v) is 9.48. The Morgan fingerprint density at radius 3 is 3.31 bits per heavy atom. The molecule has 0 saturated heterocycles. The molecule has 1 aliphatic rings. The van der Waals surface area contributed by atoms with Gasteiger partial charge in [-0.3, -0.25) is 9.48 Å². The normalized spacial score (nSPS) is 19.2. The topological polar surface area (TPSA) is 70.1 Å². The van der Waals surface area contributed by atoms with Crippen molar-refractivity contribution in [3.05, 3.63) is 17.5 Å². The number of rotatable bonds is 3. The molecule has 0 aromatic carbocycles. The van der Waals surface area contributed by atoms with Crippen LogP contribution >= 0.6 is 0 Å². The molecular weight excluding hydrogens is 206 g/mol. The molecule has 5 heteroatoms. The van der Waals surface area contributed by atoms with E-state index in [1.54, 1.807) is 17.8 Å². The third kappa shape index (κ3) is 2.09. The van der Waals surface area contributed by atoms with Crippen LogP contribution in [0.15, 0.2) is 6.20 Å². The molecule has 5 nitrogen and oxygen atoms in total. The van der Waals surface area contributed by atoms with Crippen molar-refractivity contribution in [3.8, 4) is 0 Å². The van der Waals surface area contributed by atoms with Crippen LogP contribution in [0.3, 0.4) is 0 Å². The van der Waals surface area contributed by atoms with Gasteiger partial charge in [-0.05, 0) is 26.2 Å². The van der Waals surface area contributed by atoms with E-state index in [0.717, 1.165) is 30.5 Å². The molecule has 16 heavy (non-hydrogen) atoms. The highest BCUT2D eigenvalue weighted by Gasteiger charge is 2.22. The summed E-state index contributed by atoms with van der Waals surface area (Å²) in [4.78, 5) is 11.4. The summed E-state index contributed by atoms with van der Waals surface area (Å²) in [6, 6.07) is 0.0692. The monoisotopic (exact) mass is 223 g/mol. The van der Waals surface area contributed by atoms with Crippen molar-refractivity contribution >= 4 is 5.97 Å². The molecular formula is C11H17N3O2. The maximum Gasteiger partial charge on any atom is 0.327 e. The number of esters is 1. The first-order valence-corrected chi connectivity index (χ1v) is 5.68. The first-order chi connectivity index (χ1) is 7.72. The Bertz CT molecular complexity index is 387. The minimum absolute atomic E-state index is 0.0692. The van der Waals surface area contributed by atoms with Gasteiger partial charge < -0.3 is 10.5 Å². The smallest absolute Gasteiger partial charge is 0.327 e. The van der Waals surface area contributed by atoms with E-state index in [9.17, 15) is 4.79 Å². The van der Waals surface area contributed by atoms with Crippen molar-refractivity contribution in [2.24, 2.45) is 5.73 Å². The molecule has 0 aliphatic heterocycles. The zero-order valence-electron chi connectivity index (χ0n) is 9.48. The van der Waals surface area contributed by atoms with Gasteiger partial charge in [-0.1, -0.05) is 0 Å². The summed E-state index contributed by atoms with van der Waals surface area (Å²) in [6.45, 7) is 2.39. The minimum Gasteiger partial charge on any atom is -0.465 e. The van der Waals surface area contributed by atoms with Crippen molar-refractivity contribution in [3.63, 3.8) is 0 Å². The molecule has 0 bridgehead atoms. The first-order valence-electron chi connectivity index (χ1n) is 5.68. The summed E-state index contributed by atoms with van der Waals surface area (Å²) in [5.74, 6) is -0.243. The summed E-state index contributed by atoms with van der Waals surface area (Å²) in [5, 5.41) is 4.21. The Balaban J connectivity index is 2.14. The zero-order chi connectivity index (χ0) is 11.5. The van der Waals surface area contributed by atoms with E-state index in [-0.39, 0.29) is 18.6 Å². The summed E-state index contributed by atoms with van der Waals surface area (Å²) in [5.41, 5.74) is 8.15. The maximum absolute atomic E-state index is 11.4. The summed E-state index contributed by atoms with van der Waals surface area (Å²) in [7, 11) is 0. The van der Waals surface area contributed by atoms with E-state index in [2.05, 4.69) is 5.10 Å². The van der Waals surface area contributed by atoms with Gasteiger partial charge in [0.15, 0.2) is 0 Å². The van der Waals surface area contributed by atoms with Crippen LogP contribution < -0.4 is 5.73 Å². The average molecular weight is 223 g/mol. The van der Waals surface area contributed by atoms with Gasteiger partial charge >= 0.3 is 5.97 Å². The number of carbonyl (C=O) groups is 1. The largest absolute Gasteiger partial charge is 0.465 e. The molecule has 2 rings (SSSR count). The van der Waals surface area contributed by atoms with Crippen molar-refractivity contribution in [2.45, 2.75) is 38.8 Å². The SMILES string of the molecule is CCOC(=O)Cn1ncc2c1CCCC2N. The molecule has 1 aromatic rings. The fourth-order valence-electron chi connectivity index (χ4n) is 2.12. The molecule has 1 unspecified atom stereocenters. The van der Waals surface area contributed by atoms with Crippen LogP contribution in [-0.2, 0) is 22.5 Å². The van der Waals surface area contributed by atoms with E-state index in [0.29, 0.717) is 6.61 Å². The number of nitrogens with zero attached hydrogens (tertiary/aromatic N) is 2. The van der Waals surface area contributed by atoms with Crippen molar-refractivity contribution in [1.82, 2.24) is 9.78 Å². The Labute approximate surface area is 94.6 Å². The van der Waals surface area contributed by atoms with Gasteiger partial charge in [0, 0.05) is 17.3 Å². The second-order valence-electron chi connectivity index (χ2n) is 4.01. The Kier molecular flexibility index (Phi) is 3.24. The second-order valence-corrected chi connectivity index (χ2v) is 4.01. The summed E-state index contributed by atoms with van der Waals surface area (Å²) >= 11 is 0. The molecule has 0 amide bonds. The summed E-state index contributed by atoms with van der Waals surface area (Å²) in [6.07, 6.45) is 4.78. The molecule has 0 spiro atoms. The lowest BCUT2D eigenvalue weighted by molar-refractivity contribution is -0.144. The lowest BCUT2D eigenvalue weighted by atomic mass is 9.94. The van der Waals surface area contributed by atoms with Crippen LogP contribution in [0.25, 0.3) is 0 Å². The Morgan fingerprint density at radius 2 is 2.56 bits per heavy atom. The van der Waals surface area contributed by atoms with Crippen LogP contribution in [0.5, 0.6) is 0 Å². The van der Waals surface area contributed by atoms with E-state index < -0.39 is 0 Å². The highest BCUT2D eigenvalue weighted by molar-refractivity contribution is 5.69. The molecule has 1 heterocycles. The molecule has 1 aliphatic carbocycles. The van der Waals surface area contributed by atoms with Crippen molar-refractivity contribution < 1.29 is 9.53 Å². The molecule has 1 atom stereocenters. The number of ether oxygens (including phenoxy) is 1. The highest BCUT2D eigenvalue weighted by Crippen LogP contribution is 2.27. The lowest BCUT2D eigenvalue weighted by Gasteiger charge is -2.19. The second kappa shape index (κ2) is 4.65. The van der Waals surface area contributed by atoms with Crippen molar-refractivity contribution in [2.75, 3.05) is 6.61 Å². The van der Waals surface area contributed by atoms with Gasteiger partial charge in [-0.15, -0.1) is 0 Å². The van der Waals surface area contributed by atoms with Gasteiger partial charge in [0.25, 0.3) is 0 Å². The van der Waals surface area contributed by atoms with Crippen LogP contribution in [0.1, 0.15) is 37.1 Å². The predicted octanol–water partition coefficient (Wildman–Crippen LogP) is 0.782. The van der Waals surface area contributed by atoms with Crippen molar-refractivity contribution in [1.29, 1.82) is 0 Å². The van der Waals surface area contributed by atoms with Crippen LogP contribution in [0, 0.1) is 0 Å². The van der Waals surface area contributed by atoms with Gasteiger partial charge in [0.2, 0.25) is 0 Å². The van der Waals surface area contributed by atoms with Gasteiger partial charge in [0.1, 0.15) is 6.54 Å². The fraction of sp³-hybridized carbons (Fsp3) is 0.636.